The molecule has 0 aromatic carbocycles. The second-order valence-electron chi connectivity index (χ2n) is 7.93. The highest BCUT2D eigenvalue weighted by atomic mass is 127. The molecule has 1 amide bonds. The van der Waals surface area contributed by atoms with Crippen molar-refractivity contribution in [3.05, 3.63) is 0 Å². The van der Waals surface area contributed by atoms with E-state index in [9.17, 15) is 4.79 Å². The van der Waals surface area contributed by atoms with Gasteiger partial charge in [0.05, 0.1) is 18.7 Å². The maximum atomic E-state index is 11.9. The number of guanidine groups is 1. The zero-order valence-corrected chi connectivity index (χ0v) is 20.6. The Bertz CT molecular complexity index is 439. The Morgan fingerprint density at radius 2 is 1.74 bits per heavy atom. The fourth-order valence-electron chi connectivity index (χ4n) is 1.96. The summed E-state index contributed by atoms with van der Waals surface area (Å²) >= 11 is 0. The van der Waals surface area contributed by atoms with Crippen LogP contribution in [0.3, 0.4) is 0 Å². The number of alkyl carbamates (subject to hydrolysis) is 1. The van der Waals surface area contributed by atoms with Gasteiger partial charge in [0.1, 0.15) is 5.60 Å². The van der Waals surface area contributed by atoms with Crippen molar-refractivity contribution < 1.29 is 14.3 Å². The van der Waals surface area contributed by atoms with Crippen LogP contribution in [-0.2, 0) is 9.47 Å². The average Bonchev–Trinajstić information content (AvgIpc) is 2.48. The van der Waals surface area contributed by atoms with E-state index in [1.54, 1.807) is 7.11 Å². The number of hydrogen-bond acceptors (Lipinski definition) is 5. The third-order valence-electron chi connectivity index (χ3n) is 3.28. The predicted octanol–water partition coefficient (Wildman–Crippen LogP) is 2.04. The number of aliphatic imine (C=N–C) groups is 1. The van der Waals surface area contributed by atoms with Gasteiger partial charge in [0.25, 0.3) is 0 Å². The second-order valence-corrected chi connectivity index (χ2v) is 7.93. The molecule has 0 rings (SSSR count). The maximum absolute atomic E-state index is 11.9. The standard InChI is InChI=1S/C18H39N5O3.HI/c1-9-19-15(20-10-11-23(7)12-13-25-8)21-14-18(5,6)22-16(24)26-17(2,3)4;/h9-14H2,1-8H3,(H,22,24)(H2,19,20,21);1H. The Labute approximate surface area is 182 Å². The predicted molar refractivity (Wildman–Crippen MR) is 122 cm³/mol. The Hall–Kier alpha value is -0.810. The van der Waals surface area contributed by atoms with E-state index in [0.717, 1.165) is 38.7 Å². The minimum atomic E-state index is -0.519. The highest BCUT2D eigenvalue weighted by molar-refractivity contribution is 14.0. The van der Waals surface area contributed by atoms with E-state index in [2.05, 4.69) is 32.9 Å². The molecule has 0 aromatic rings. The quantitative estimate of drug-likeness (QED) is 0.241. The van der Waals surface area contributed by atoms with Gasteiger partial charge in [-0.2, -0.15) is 0 Å². The van der Waals surface area contributed by atoms with E-state index in [1.807, 2.05) is 41.5 Å². The molecule has 0 bridgehead atoms. The van der Waals surface area contributed by atoms with Crippen molar-refractivity contribution >= 4 is 36.0 Å². The first-order valence-corrected chi connectivity index (χ1v) is 9.20. The smallest absolute Gasteiger partial charge is 0.408 e. The van der Waals surface area contributed by atoms with Crippen molar-refractivity contribution in [3.8, 4) is 0 Å². The topological polar surface area (TPSA) is 87.2 Å². The zero-order valence-electron chi connectivity index (χ0n) is 18.3. The number of carbonyl (C=O) groups is 1. The summed E-state index contributed by atoms with van der Waals surface area (Å²) in [4.78, 5) is 18.7. The number of amides is 1. The maximum Gasteiger partial charge on any atom is 0.408 e. The fraction of sp³-hybridized carbons (Fsp3) is 0.889. The molecule has 0 aliphatic carbocycles. The van der Waals surface area contributed by atoms with Crippen LogP contribution in [0.2, 0.25) is 0 Å². The fourth-order valence-corrected chi connectivity index (χ4v) is 1.96. The first-order chi connectivity index (χ1) is 12.0. The summed E-state index contributed by atoms with van der Waals surface area (Å²) in [7, 11) is 3.76. The van der Waals surface area contributed by atoms with Crippen LogP contribution in [0.15, 0.2) is 4.99 Å². The minimum absolute atomic E-state index is 0. The molecule has 0 saturated heterocycles. The number of halogens is 1. The van der Waals surface area contributed by atoms with E-state index in [4.69, 9.17) is 9.47 Å². The van der Waals surface area contributed by atoms with Gasteiger partial charge in [-0.15, -0.1) is 24.0 Å². The molecule has 0 unspecified atom stereocenters. The molecule has 0 atom stereocenters. The van der Waals surface area contributed by atoms with E-state index in [1.165, 1.54) is 0 Å². The van der Waals surface area contributed by atoms with E-state index in [-0.39, 0.29) is 24.0 Å². The van der Waals surface area contributed by atoms with Crippen LogP contribution in [0.25, 0.3) is 0 Å². The second kappa shape index (κ2) is 14.2. The first-order valence-electron chi connectivity index (χ1n) is 9.20. The van der Waals surface area contributed by atoms with Crippen LogP contribution in [0.1, 0.15) is 41.5 Å². The van der Waals surface area contributed by atoms with E-state index >= 15 is 0 Å². The summed E-state index contributed by atoms with van der Waals surface area (Å²) in [5.74, 6) is 0.728. The molecule has 0 radical (unpaired) electrons. The van der Waals surface area contributed by atoms with Gasteiger partial charge in [-0.05, 0) is 48.6 Å². The third kappa shape index (κ3) is 17.0. The lowest BCUT2D eigenvalue weighted by atomic mass is 10.1. The lowest BCUT2D eigenvalue weighted by molar-refractivity contribution is 0.0476. The third-order valence-corrected chi connectivity index (χ3v) is 3.28. The molecule has 0 aromatic heterocycles. The van der Waals surface area contributed by atoms with Gasteiger partial charge in [0.2, 0.25) is 0 Å². The van der Waals surface area contributed by atoms with Crippen LogP contribution < -0.4 is 16.0 Å². The van der Waals surface area contributed by atoms with Crippen LogP contribution in [0.4, 0.5) is 4.79 Å². The summed E-state index contributed by atoms with van der Waals surface area (Å²) in [5.41, 5.74) is -1.03. The SMILES string of the molecule is CCNC(=NCC(C)(C)NC(=O)OC(C)(C)C)NCCN(C)CCOC.I. The molecule has 3 N–H and O–H groups in total. The van der Waals surface area contributed by atoms with Crippen molar-refractivity contribution in [2.24, 2.45) is 4.99 Å². The lowest BCUT2D eigenvalue weighted by Gasteiger charge is -2.27. The Morgan fingerprint density at radius 1 is 1.11 bits per heavy atom. The Kier molecular flexibility index (Phi) is 15.0. The number of nitrogens with zero attached hydrogens (tertiary/aromatic N) is 2. The molecule has 0 aliphatic rings. The molecule has 9 heteroatoms. The lowest BCUT2D eigenvalue weighted by Crippen LogP contribution is -2.49. The highest BCUT2D eigenvalue weighted by Gasteiger charge is 2.24. The van der Waals surface area contributed by atoms with Crippen LogP contribution >= 0.6 is 24.0 Å². The van der Waals surface area contributed by atoms with Gasteiger partial charge in [-0.1, -0.05) is 0 Å². The molecule has 0 fully saturated rings. The molecule has 0 heterocycles. The van der Waals surface area contributed by atoms with Gasteiger partial charge in [0.15, 0.2) is 5.96 Å². The number of likely N-dealkylation sites (N-methyl/N-ethyl adjacent to an activating group) is 1. The summed E-state index contributed by atoms with van der Waals surface area (Å²) < 4.78 is 10.4. The van der Waals surface area contributed by atoms with Crippen LogP contribution in [-0.4, -0.2) is 81.6 Å². The van der Waals surface area contributed by atoms with Crippen molar-refractivity contribution in [2.75, 3.05) is 53.5 Å². The van der Waals surface area contributed by atoms with Gasteiger partial charge < -0.3 is 30.3 Å². The van der Waals surface area contributed by atoms with Gasteiger partial charge in [0, 0.05) is 33.3 Å². The summed E-state index contributed by atoms with van der Waals surface area (Å²) in [6.07, 6.45) is -0.435. The molecule has 8 nitrogen and oxygen atoms in total. The van der Waals surface area contributed by atoms with Crippen LogP contribution in [0, 0.1) is 0 Å². The van der Waals surface area contributed by atoms with Crippen molar-refractivity contribution in [2.45, 2.75) is 52.7 Å². The number of carbonyl (C=O) groups excluding carboxylic acids is 1. The molecule has 27 heavy (non-hydrogen) atoms. The Balaban J connectivity index is 0. The summed E-state index contributed by atoms with van der Waals surface area (Å²) in [5, 5.41) is 9.38. The van der Waals surface area contributed by atoms with Gasteiger partial charge >= 0.3 is 6.09 Å². The minimum Gasteiger partial charge on any atom is -0.444 e. The highest BCUT2D eigenvalue weighted by Crippen LogP contribution is 2.09. The zero-order chi connectivity index (χ0) is 20.2. The van der Waals surface area contributed by atoms with Crippen LogP contribution in [0.5, 0.6) is 0 Å². The van der Waals surface area contributed by atoms with E-state index in [0.29, 0.717) is 6.54 Å². The number of ether oxygens (including phenoxy) is 2. The van der Waals surface area contributed by atoms with Gasteiger partial charge in [-0.25, -0.2) is 4.79 Å². The van der Waals surface area contributed by atoms with Crippen molar-refractivity contribution in [1.29, 1.82) is 0 Å². The molecular formula is C18H40IN5O3. The Morgan fingerprint density at radius 3 is 2.26 bits per heavy atom. The first kappa shape index (κ1) is 28.4. The van der Waals surface area contributed by atoms with E-state index < -0.39 is 17.2 Å². The molecular weight excluding hydrogens is 461 g/mol. The normalized spacial score (nSPS) is 12.4. The number of rotatable bonds is 10. The molecule has 0 aliphatic heterocycles. The number of methoxy groups -OCH3 is 1. The van der Waals surface area contributed by atoms with Gasteiger partial charge in [-0.3, -0.25) is 4.99 Å². The van der Waals surface area contributed by atoms with Crippen molar-refractivity contribution in [3.63, 3.8) is 0 Å². The van der Waals surface area contributed by atoms with Crippen molar-refractivity contribution in [1.82, 2.24) is 20.9 Å². The largest absolute Gasteiger partial charge is 0.444 e. The number of nitrogens with one attached hydrogen (secondary N) is 3. The number of hydrogen-bond donors (Lipinski definition) is 3. The molecule has 0 saturated carbocycles. The average molecular weight is 501 g/mol. The molecule has 162 valence electrons. The summed E-state index contributed by atoms with van der Waals surface area (Å²) in [6.45, 7) is 15.8. The monoisotopic (exact) mass is 501 g/mol. The summed E-state index contributed by atoms with van der Waals surface area (Å²) in [6, 6.07) is 0. The molecule has 0 spiro atoms.